The van der Waals surface area contributed by atoms with Crippen LogP contribution in [-0.2, 0) is 6.42 Å². The molecule has 1 aromatic heterocycles. The van der Waals surface area contributed by atoms with E-state index in [2.05, 4.69) is 26.0 Å². The highest BCUT2D eigenvalue weighted by Crippen LogP contribution is 2.30. The number of rotatable bonds is 3. The first kappa shape index (κ1) is 14.2. The van der Waals surface area contributed by atoms with Gasteiger partial charge in [0.1, 0.15) is 11.9 Å². The predicted octanol–water partition coefficient (Wildman–Crippen LogP) is 4.98. The van der Waals surface area contributed by atoms with Crippen LogP contribution in [0.15, 0.2) is 46.9 Å². The van der Waals surface area contributed by atoms with E-state index in [9.17, 15) is 5.11 Å². The second-order valence-electron chi connectivity index (χ2n) is 5.45. The van der Waals surface area contributed by atoms with Crippen molar-refractivity contribution in [1.82, 2.24) is 0 Å². The van der Waals surface area contributed by atoms with E-state index in [4.69, 9.17) is 16.0 Å². The molecule has 1 N–H and O–H groups in total. The van der Waals surface area contributed by atoms with E-state index in [0.717, 1.165) is 10.9 Å². The zero-order valence-electron chi connectivity index (χ0n) is 12.1. The van der Waals surface area contributed by atoms with Crippen molar-refractivity contribution in [3.05, 3.63) is 69.9 Å². The third-order valence-electron chi connectivity index (χ3n) is 3.84. The lowest BCUT2D eigenvalue weighted by molar-refractivity contribution is 0.152. The molecule has 0 amide bonds. The number of hydrogen-bond donors (Lipinski definition) is 1. The molecule has 0 fully saturated rings. The van der Waals surface area contributed by atoms with Gasteiger partial charge in [0.05, 0.1) is 5.02 Å². The Balaban J connectivity index is 1.87. The molecule has 21 heavy (non-hydrogen) atoms. The van der Waals surface area contributed by atoms with Gasteiger partial charge in [-0.3, -0.25) is 0 Å². The van der Waals surface area contributed by atoms with Crippen molar-refractivity contribution in [2.45, 2.75) is 26.4 Å². The van der Waals surface area contributed by atoms with Gasteiger partial charge in [0.15, 0.2) is 5.58 Å². The zero-order valence-corrected chi connectivity index (χ0v) is 12.8. The lowest BCUT2D eigenvalue weighted by Gasteiger charge is -2.09. The first-order valence-corrected chi connectivity index (χ1v) is 7.34. The molecule has 3 aromatic rings. The number of furan rings is 1. The van der Waals surface area contributed by atoms with Crippen molar-refractivity contribution < 1.29 is 9.52 Å². The highest BCUT2D eigenvalue weighted by atomic mass is 35.5. The van der Waals surface area contributed by atoms with Crippen molar-refractivity contribution >= 4 is 22.6 Å². The molecule has 0 saturated heterocycles. The Morgan fingerprint density at radius 1 is 1.10 bits per heavy atom. The van der Waals surface area contributed by atoms with E-state index in [-0.39, 0.29) is 0 Å². The van der Waals surface area contributed by atoms with Gasteiger partial charge in [-0.1, -0.05) is 41.9 Å². The number of fused-ring (bicyclic) bond motifs is 1. The van der Waals surface area contributed by atoms with Crippen LogP contribution in [0.4, 0.5) is 0 Å². The number of para-hydroxylation sites is 1. The molecule has 1 atom stereocenters. The number of halogens is 1. The Labute approximate surface area is 129 Å². The SMILES string of the molecule is Cc1ccc(CC(O)c2cc3cccc(Cl)c3o2)cc1C. The second kappa shape index (κ2) is 5.55. The van der Waals surface area contributed by atoms with E-state index in [1.807, 2.05) is 24.3 Å². The van der Waals surface area contributed by atoms with Gasteiger partial charge in [-0.15, -0.1) is 0 Å². The van der Waals surface area contributed by atoms with Crippen molar-refractivity contribution in [2.24, 2.45) is 0 Å². The van der Waals surface area contributed by atoms with E-state index >= 15 is 0 Å². The fourth-order valence-electron chi connectivity index (χ4n) is 2.47. The number of aliphatic hydroxyl groups excluding tert-OH is 1. The molecular formula is C18H17ClO2. The van der Waals surface area contributed by atoms with E-state index < -0.39 is 6.10 Å². The summed E-state index contributed by atoms with van der Waals surface area (Å²) < 4.78 is 5.70. The Hall–Kier alpha value is -1.77. The van der Waals surface area contributed by atoms with Crippen molar-refractivity contribution in [2.75, 3.05) is 0 Å². The molecule has 0 aliphatic heterocycles. The van der Waals surface area contributed by atoms with Crippen LogP contribution in [-0.4, -0.2) is 5.11 Å². The molecule has 1 heterocycles. The normalized spacial score (nSPS) is 12.8. The topological polar surface area (TPSA) is 33.4 Å². The largest absolute Gasteiger partial charge is 0.457 e. The molecule has 0 aliphatic carbocycles. The van der Waals surface area contributed by atoms with Crippen LogP contribution in [0.5, 0.6) is 0 Å². The Morgan fingerprint density at radius 3 is 2.62 bits per heavy atom. The molecule has 0 aliphatic rings. The van der Waals surface area contributed by atoms with Gasteiger partial charge in [0, 0.05) is 11.8 Å². The minimum absolute atomic E-state index is 0.526. The fraction of sp³-hybridized carbons (Fsp3) is 0.222. The van der Waals surface area contributed by atoms with Crippen LogP contribution in [0.2, 0.25) is 5.02 Å². The predicted molar refractivity (Wildman–Crippen MR) is 85.8 cm³/mol. The molecule has 2 aromatic carbocycles. The number of aryl methyl sites for hydroxylation is 2. The van der Waals surface area contributed by atoms with Gasteiger partial charge < -0.3 is 9.52 Å². The Morgan fingerprint density at radius 2 is 1.90 bits per heavy atom. The van der Waals surface area contributed by atoms with Crippen LogP contribution in [0.3, 0.4) is 0 Å². The summed E-state index contributed by atoms with van der Waals surface area (Å²) in [6.07, 6.45) is -0.144. The molecular weight excluding hydrogens is 284 g/mol. The Kier molecular flexibility index (Phi) is 3.75. The lowest BCUT2D eigenvalue weighted by Crippen LogP contribution is -2.01. The van der Waals surface area contributed by atoms with E-state index in [1.165, 1.54) is 11.1 Å². The summed E-state index contributed by atoms with van der Waals surface area (Å²) in [5.41, 5.74) is 4.21. The Bertz CT molecular complexity index is 789. The average molecular weight is 301 g/mol. The first-order chi connectivity index (χ1) is 10.0. The summed E-state index contributed by atoms with van der Waals surface area (Å²) in [6.45, 7) is 4.16. The van der Waals surface area contributed by atoms with Crippen LogP contribution in [0.25, 0.3) is 11.0 Å². The average Bonchev–Trinajstić information content (AvgIpc) is 2.89. The summed E-state index contributed by atoms with van der Waals surface area (Å²) in [6, 6.07) is 13.7. The molecule has 3 rings (SSSR count). The number of benzene rings is 2. The summed E-state index contributed by atoms with van der Waals surface area (Å²) in [7, 11) is 0. The summed E-state index contributed by atoms with van der Waals surface area (Å²) in [5.74, 6) is 0.552. The van der Waals surface area contributed by atoms with Crippen LogP contribution in [0, 0.1) is 13.8 Å². The third kappa shape index (κ3) is 2.82. The fourth-order valence-corrected chi connectivity index (χ4v) is 2.69. The van der Waals surface area contributed by atoms with Gasteiger partial charge in [-0.2, -0.15) is 0 Å². The zero-order chi connectivity index (χ0) is 15.0. The minimum Gasteiger partial charge on any atom is -0.457 e. The molecule has 1 unspecified atom stereocenters. The highest BCUT2D eigenvalue weighted by molar-refractivity contribution is 6.34. The van der Waals surface area contributed by atoms with Gasteiger partial charge in [-0.25, -0.2) is 0 Å². The van der Waals surface area contributed by atoms with Crippen molar-refractivity contribution in [1.29, 1.82) is 0 Å². The van der Waals surface area contributed by atoms with Gasteiger partial charge in [0.2, 0.25) is 0 Å². The van der Waals surface area contributed by atoms with Crippen LogP contribution in [0.1, 0.15) is 28.6 Å². The van der Waals surface area contributed by atoms with E-state index in [0.29, 0.717) is 22.8 Å². The van der Waals surface area contributed by atoms with Crippen LogP contribution >= 0.6 is 11.6 Å². The van der Waals surface area contributed by atoms with Crippen molar-refractivity contribution in [3.8, 4) is 0 Å². The lowest BCUT2D eigenvalue weighted by atomic mass is 10.0. The quantitative estimate of drug-likeness (QED) is 0.740. The van der Waals surface area contributed by atoms with Crippen molar-refractivity contribution in [3.63, 3.8) is 0 Å². The maximum Gasteiger partial charge on any atom is 0.152 e. The molecule has 0 bridgehead atoms. The number of aliphatic hydroxyl groups is 1. The maximum absolute atomic E-state index is 10.4. The van der Waals surface area contributed by atoms with E-state index in [1.54, 1.807) is 6.07 Å². The smallest absolute Gasteiger partial charge is 0.152 e. The number of hydrogen-bond acceptors (Lipinski definition) is 2. The third-order valence-corrected chi connectivity index (χ3v) is 4.14. The van der Waals surface area contributed by atoms with Gasteiger partial charge in [0.25, 0.3) is 0 Å². The molecule has 2 nitrogen and oxygen atoms in total. The molecule has 0 radical (unpaired) electrons. The summed E-state index contributed by atoms with van der Waals surface area (Å²) in [4.78, 5) is 0. The molecule has 0 spiro atoms. The standard InChI is InChI=1S/C18H17ClO2/c1-11-6-7-13(8-12(11)2)9-16(20)17-10-14-4-3-5-15(19)18(14)21-17/h3-8,10,16,20H,9H2,1-2H3. The van der Waals surface area contributed by atoms with Gasteiger partial charge in [-0.05, 0) is 42.7 Å². The van der Waals surface area contributed by atoms with Gasteiger partial charge >= 0.3 is 0 Å². The second-order valence-corrected chi connectivity index (χ2v) is 5.85. The maximum atomic E-state index is 10.4. The molecule has 108 valence electrons. The molecule has 0 saturated carbocycles. The van der Waals surface area contributed by atoms with Crippen LogP contribution < -0.4 is 0 Å². The highest BCUT2D eigenvalue weighted by Gasteiger charge is 2.15. The first-order valence-electron chi connectivity index (χ1n) is 6.97. The molecule has 3 heteroatoms. The summed E-state index contributed by atoms with van der Waals surface area (Å²) in [5, 5.41) is 11.9. The summed E-state index contributed by atoms with van der Waals surface area (Å²) >= 11 is 6.10. The monoisotopic (exact) mass is 300 g/mol. The minimum atomic E-state index is -0.671.